The monoisotopic (exact) mass is 520 g/mol. The van der Waals surface area contributed by atoms with E-state index in [-0.39, 0.29) is 12.1 Å². The van der Waals surface area contributed by atoms with Crippen LogP contribution in [-0.2, 0) is 11.2 Å². The van der Waals surface area contributed by atoms with Gasteiger partial charge in [-0.1, -0.05) is 6.07 Å². The molecule has 3 N–H and O–H groups in total. The predicted molar refractivity (Wildman–Crippen MR) is 140 cm³/mol. The molecule has 0 bridgehead atoms. The molecule has 197 valence electrons. The summed E-state index contributed by atoms with van der Waals surface area (Å²) in [6.07, 6.45) is 4.64. The second kappa shape index (κ2) is 11.5. The minimum Gasteiger partial charge on any atom is -0.493 e. The first-order valence-corrected chi connectivity index (χ1v) is 12.5. The molecule has 9 nitrogen and oxygen atoms in total. The van der Waals surface area contributed by atoms with Crippen LogP contribution in [0.25, 0.3) is 10.9 Å². The minimum atomic E-state index is -1.11. The largest absolute Gasteiger partial charge is 0.493 e. The number of ether oxygens (including phenoxy) is 1. The molecule has 1 saturated heterocycles. The van der Waals surface area contributed by atoms with Crippen LogP contribution in [0.4, 0.5) is 26.1 Å². The van der Waals surface area contributed by atoms with Crippen molar-refractivity contribution >= 4 is 34.1 Å². The number of aromatic nitrogens is 4. The summed E-state index contributed by atoms with van der Waals surface area (Å²) in [5.74, 6) is -0.936. The second-order valence-electron chi connectivity index (χ2n) is 9.17. The zero-order chi connectivity index (χ0) is 26.5. The van der Waals surface area contributed by atoms with E-state index in [9.17, 15) is 13.6 Å². The lowest BCUT2D eigenvalue weighted by atomic mass is 10.2. The normalized spacial score (nSPS) is 15.6. The van der Waals surface area contributed by atoms with E-state index in [1.807, 2.05) is 18.2 Å². The van der Waals surface area contributed by atoms with E-state index >= 15 is 0 Å². The maximum absolute atomic E-state index is 13.8. The smallest absolute Gasteiger partial charge is 0.230 e. The van der Waals surface area contributed by atoms with E-state index in [4.69, 9.17) is 4.74 Å². The Bertz CT molecular complexity index is 1430. The van der Waals surface area contributed by atoms with Crippen LogP contribution in [-0.4, -0.2) is 56.7 Å². The van der Waals surface area contributed by atoms with Crippen molar-refractivity contribution < 1.29 is 18.3 Å². The van der Waals surface area contributed by atoms with Crippen LogP contribution in [0.2, 0.25) is 0 Å². The highest BCUT2D eigenvalue weighted by Gasteiger charge is 2.19. The Morgan fingerprint density at radius 1 is 1.21 bits per heavy atom. The van der Waals surface area contributed by atoms with Gasteiger partial charge >= 0.3 is 0 Å². The number of anilines is 3. The van der Waals surface area contributed by atoms with Crippen molar-refractivity contribution in [2.24, 2.45) is 0 Å². The number of carbonyl (C=O) groups is 1. The number of hydrogen-bond acceptors (Lipinski definition) is 7. The summed E-state index contributed by atoms with van der Waals surface area (Å²) in [4.78, 5) is 23.4. The third kappa shape index (κ3) is 6.05. The number of H-pyrrole nitrogens is 1. The molecule has 3 heterocycles. The van der Waals surface area contributed by atoms with E-state index < -0.39 is 17.5 Å². The molecule has 2 aromatic heterocycles. The van der Waals surface area contributed by atoms with Crippen molar-refractivity contribution in [3.8, 4) is 5.75 Å². The van der Waals surface area contributed by atoms with Gasteiger partial charge in [-0.05, 0) is 57.0 Å². The van der Waals surface area contributed by atoms with Crippen LogP contribution in [0.1, 0.15) is 25.0 Å². The van der Waals surface area contributed by atoms with Gasteiger partial charge in [0.05, 0.1) is 24.2 Å². The number of likely N-dealkylation sites (tertiary alicyclic amines) is 1. The molecule has 1 atom stereocenters. The Morgan fingerprint density at radius 3 is 2.95 bits per heavy atom. The zero-order valence-corrected chi connectivity index (χ0v) is 20.7. The molecule has 4 aromatic rings. The van der Waals surface area contributed by atoms with Crippen LogP contribution >= 0.6 is 0 Å². The van der Waals surface area contributed by atoms with E-state index in [1.54, 1.807) is 6.07 Å². The molecule has 1 aliphatic heterocycles. The van der Waals surface area contributed by atoms with Crippen LogP contribution in [0.5, 0.6) is 5.75 Å². The SMILES string of the molecule is [CH2][C@@H]1CCCN1CCCOc1ccc2c(Nc3cc(CC(=O)Nc4cccc(F)c4F)[nH]n3)ncnc2c1. The van der Waals surface area contributed by atoms with Gasteiger partial charge in [-0.25, -0.2) is 18.7 Å². The van der Waals surface area contributed by atoms with Crippen molar-refractivity contribution in [1.82, 2.24) is 25.1 Å². The van der Waals surface area contributed by atoms with Crippen LogP contribution in [0.3, 0.4) is 0 Å². The molecule has 11 heteroatoms. The van der Waals surface area contributed by atoms with Gasteiger partial charge in [0.1, 0.15) is 17.9 Å². The lowest BCUT2D eigenvalue weighted by Crippen LogP contribution is -2.28. The number of hydrogen-bond donors (Lipinski definition) is 3. The topological polar surface area (TPSA) is 108 Å². The second-order valence-corrected chi connectivity index (χ2v) is 9.17. The van der Waals surface area contributed by atoms with Crippen molar-refractivity contribution in [2.45, 2.75) is 31.7 Å². The first-order chi connectivity index (χ1) is 18.5. The summed E-state index contributed by atoms with van der Waals surface area (Å²) in [5, 5.41) is 13.2. The maximum atomic E-state index is 13.8. The van der Waals surface area contributed by atoms with E-state index in [2.05, 4.69) is 42.6 Å². The Kier molecular flexibility index (Phi) is 7.73. The van der Waals surface area contributed by atoms with Crippen molar-refractivity contribution in [3.63, 3.8) is 0 Å². The third-order valence-corrected chi connectivity index (χ3v) is 6.42. The average Bonchev–Trinajstić information content (AvgIpc) is 3.52. The molecular weight excluding hydrogens is 492 g/mol. The number of halogens is 2. The summed E-state index contributed by atoms with van der Waals surface area (Å²) in [6, 6.07) is 11.3. The number of nitrogens with one attached hydrogen (secondary N) is 3. The molecule has 1 radical (unpaired) electrons. The fourth-order valence-electron chi connectivity index (χ4n) is 4.48. The molecule has 2 aromatic carbocycles. The maximum Gasteiger partial charge on any atom is 0.230 e. The molecule has 0 aliphatic carbocycles. The van der Waals surface area contributed by atoms with Crippen molar-refractivity contribution in [2.75, 3.05) is 30.3 Å². The summed E-state index contributed by atoms with van der Waals surface area (Å²) < 4.78 is 33.1. The predicted octanol–water partition coefficient (Wildman–Crippen LogP) is 4.62. The van der Waals surface area contributed by atoms with Gasteiger partial charge in [0.15, 0.2) is 17.5 Å². The molecule has 1 aliphatic rings. The summed E-state index contributed by atoms with van der Waals surface area (Å²) in [7, 11) is 0. The highest BCUT2D eigenvalue weighted by Crippen LogP contribution is 2.26. The molecular formula is C27H28F2N7O2. The molecule has 38 heavy (non-hydrogen) atoms. The van der Waals surface area contributed by atoms with Gasteiger partial charge in [-0.3, -0.25) is 9.89 Å². The summed E-state index contributed by atoms with van der Waals surface area (Å²) in [6.45, 7) is 6.88. The zero-order valence-electron chi connectivity index (χ0n) is 20.7. The third-order valence-electron chi connectivity index (χ3n) is 6.42. The molecule has 1 amide bonds. The molecule has 0 spiro atoms. The number of nitrogens with zero attached hydrogens (tertiary/aromatic N) is 4. The van der Waals surface area contributed by atoms with Gasteiger partial charge < -0.3 is 20.3 Å². The van der Waals surface area contributed by atoms with Gasteiger partial charge in [0.2, 0.25) is 5.91 Å². The van der Waals surface area contributed by atoms with Gasteiger partial charge in [0, 0.05) is 35.8 Å². The molecule has 1 fully saturated rings. The van der Waals surface area contributed by atoms with Crippen LogP contribution in [0, 0.1) is 18.6 Å². The number of benzene rings is 2. The van der Waals surface area contributed by atoms with Crippen LogP contribution < -0.4 is 15.4 Å². The molecule has 0 saturated carbocycles. The Hall–Kier alpha value is -4.12. The van der Waals surface area contributed by atoms with E-state index in [1.165, 1.54) is 24.9 Å². The number of rotatable bonds is 10. The number of fused-ring (bicyclic) bond motifs is 1. The minimum absolute atomic E-state index is 0.108. The summed E-state index contributed by atoms with van der Waals surface area (Å²) >= 11 is 0. The lowest BCUT2D eigenvalue weighted by molar-refractivity contribution is -0.115. The van der Waals surface area contributed by atoms with Gasteiger partial charge in [0.25, 0.3) is 0 Å². The fourth-order valence-corrected chi connectivity index (χ4v) is 4.48. The Labute approximate surface area is 218 Å². The van der Waals surface area contributed by atoms with Gasteiger partial charge in [-0.15, -0.1) is 0 Å². The highest BCUT2D eigenvalue weighted by molar-refractivity contribution is 5.93. The number of amides is 1. The number of carbonyl (C=O) groups excluding carboxylic acids is 1. The molecule has 0 unspecified atom stereocenters. The number of aromatic amines is 1. The first kappa shape index (κ1) is 25.5. The standard InChI is InChI=1S/C27H28F2N7O2/c1-17-5-3-10-36(17)11-4-12-38-19-8-9-20-23(15-19)30-16-31-27(20)33-24-13-18(34-35-24)14-25(37)32-22-7-2-6-21(28)26(22)29/h2,6-9,13,15-17H,1,3-5,10-12,14H2,(H,32,37)(H2,30,31,33,34,35)/t17-/m1/s1. The first-order valence-electron chi connectivity index (χ1n) is 12.5. The van der Waals surface area contributed by atoms with E-state index in [0.29, 0.717) is 35.5 Å². The van der Waals surface area contributed by atoms with Crippen molar-refractivity contribution in [1.29, 1.82) is 0 Å². The summed E-state index contributed by atoms with van der Waals surface area (Å²) in [5.41, 5.74) is 0.974. The van der Waals surface area contributed by atoms with Crippen molar-refractivity contribution in [3.05, 3.63) is 73.0 Å². The average molecular weight is 521 g/mol. The van der Waals surface area contributed by atoms with E-state index in [0.717, 1.165) is 43.1 Å². The quantitative estimate of drug-likeness (QED) is 0.262. The van der Waals surface area contributed by atoms with Gasteiger partial charge in [-0.2, -0.15) is 5.10 Å². The Balaban J connectivity index is 1.17. The lowest BCUT2D eigenvalue weighted by Gasteiger charge is -2.20. The highest BCUT2D eigenvalue weighted by atomic mass is 19.2. The molecule has 5 rings (SSSR count). The fraction of sp³-hybridized carbons (Fsp3) is 0.296. The van der Waals surface area contributed by atoms with Crippen LogP contribution in [0.15, 0.2) is 48.8 Å². The Morgan fingerprint density at radius 2 is 2.11 bits per heavy atom.